The number of rotatable bonds is 0. The molecule has 4 aliphatic rings. The third-order valence-electron chi connectivity index (χ3n) is 8.03. The first-order valence-electron chi connectivity index (χ1n) is 9.64. The third kappa shape index (κ3) is 1.41. The van der Waals surface area contributed by atoms with Gasteiger partial charge in [-0.05, 0) is 83.7 Å². The molecule has 0 nitrogen and oxygen atoms in total. The molecule has 3 saturated carbocycles. The fourth-order valence-corrected chi connectivity index (χ4v) is 7.74. The van der Waals surface area contributed by atoms with Crippen molar-refractivity contribution in [2.24, 2.45) is 17.3 Å². The van der Waals surface area contributed by atoms with E-state index in [1.54, 1.807) is 11.1 Å². The maximum Gasteiger partial charge on any atom is 0.0412 e. The van der Waals surface area contributed by atoms with Gasteiger partial charge in [-0.2, -0.15) is 0 Å². The molecule has 0 saturated heterocycles. The zero-order valence-corrected chi connectivity index (χ0v) is 14.8. The first-order chi connectivity index (χ1) is 11.7. The number of halogens is 1. The van der Waals surface area contributed by atoms with Gasteiger partial charge in [0.05, 0.1) is 0 Å². The van der Waals surface area contributed by atoms with Crippen LogP contribution in [-0.2, 0) is 5.41 Å². The largest absolute Gasteiger partial charge is 0.0843 e. The lowest BCUT2D eigenvalue weighted by atomic mass is 9.47. The maximum absolute atomic E-state index is 6.41. The molecule has 2 aromatic rings. The Bertz CT molecular complexity index is 849. The molecule has 4 atom stereocenters. The average Bonchev–Trinajstić information content (AvgIpc) is 3.00. The molecular weight excluding hydrogens is 312 g/mol. The Labute approximate surface area is 149 Å². The van der Waals surface area contributed by atoms with Gasteiger partial charge in [0.2, 0.25) is 0 Å². The minimum Gasteiger partial charge on any atom is -0.0843 e. The van der Waals surface area contributed by atoms with Crippen molar-refractivity contribution < 1.29 is 0 Å². The van der Waals surface area contributed by atoms with Crippen molar-refractivity contribution in [1.82, 2.24) is 0 Å². The SMILES string of the molecule is Clc1ccc2c(c1)-c1ccccc1C21C2CCC13CCCC(C2)C3. The molecule has 0 amide bonds. The molecule has 1 heteroatoms. The summed E-state index contributed by atoms with van der Waals surface area (Å²) in [6.07, 6.45) is 10.1. The van der Waals surface area contributed by atoms with Crippen molar-refractivity contribution in [3.63, 3.8) is 0 Å². The van der Waals surface area contributed by atoms with Gasteiger partial charge in [0, 0.05) is 10.4 Å². The van der Waals surface area contributed by atoms with Crippen molar-refractivity contribution in [2.75, 3.05) is 0 Å². The summed E-state index contributed by atoms with van der Waals surface area (Å²) in [5.74, 6) is 1.82. The van der Waals surface area contributed by atoms with Gasteiger partial charge in [-0.3, -0.25) is 0 Å². The van der Waals surface area contributed by atoms with Crippen LogP contribution in [0.15, 0.2) is 42.5 Å². The van der Waals surface area contributed by atoms with E-state index in [1.807, 2.05) is 0 Å². The summed E-state index contributed by atoms with van der Waals surface area (Å²) in [5, 5.41) is 0.878. The first-order valence-corrected chi connectivity index (χ1v) is 10.0. The first kappa shape index (κ1) is 14.0. The lowest BCUT2D eigenvalue weighted by Gasteiger charge is -2.56. The Morgan fingerprint density at radius 3 is 2.75 bits per heavy atom. The van der Waals surface area contributed by atoms with Crippen LogP contribution in [0.2, 0.25) is 5.02 Å². The molecule has 0 aromatic heterocycles. The van der Waals surface area contributed by atoms with Gasteiger partial charge < -0.3 is 0 Å². The van der Waals surface area contributed by atoms with Gasteiger partial charge in [0.1, 0.15) is 0 Å². The molecule has 3 fully saturated rings. The quantitative estimate of drug-likeness (QED) is 0.509. The van der Waals surface area contributed by atoms with Crippen LogP contribution >= 0.6 is 11.6 Å². The molecule has 0 heterocycles. The molecule has 4 unspecified atom stereocenters. The van der Waals surface area contributed by atoms with Gasteiger partial charge in [-0.25, -0.2) is 0 Å². The topological polar surface area (TPSA) is 0 Å². The molecule has 4 aliphatic carbocycles. The minimum absolute atomic E-state index is 0.278. The van der Waals surface area contributed by atoms with E-state index in [1.165, 1.54) is 56.1 Å². The summed E-state index contributed by atoms with van der Waals surface area (Å²) in [4.78, 5) is 0. The van der Waals surface area contributed by atoms with E-state index in [0.29, 0.717) is 5.41 Å². The molecule has 122 valence electrons. The highest BCUT2D eigenvalue weighted by molar-refractivity contribution is 6.31. The number of hydrogen-bond donors (Lipinski definition) is 0. The fourth-order valence-electron chi connectivity index (χ4n) is 7.57. The second-order valence-electron chi connectivity index (χ2n) is 8.76. The van der Waals surface area contributed by atoms with E-state index < -0.39 is 0 Å². The van der Waals surface area contributed by atoms with Crippen LogP contribution in [0.4, 0.5) is 0 Å². The van der Waals surface area contributed by atoms with Gasteiger partial charge in [0.25, 0.3) is 0 Å². The molecular formula is C23H23Cl. The van der Waals surface area contributed by atoms with Crippen LogP contribution in [0.3, 0.4) is 0 Å². The van der Waals surface area contributed by atoms with Crippen LogP contribution in [0.5, 0.6) is 0 Å². The molecule has 24 heavy (non-hydrogen) atoms. The molecule has 2 spiro atoms. The number of benzene rings is 2. The van der Waals surface area contributed by atoms with Crippen molar-refractivity contribution in [1.29, 1.82) is 0 Å². The minimum atomic E-state index is 0.278. The highest BCUT2D eigenvalue weighted by atomic mass is 35.5. The lowest BCUT2D eigenvalue weighted by molar-refractivity contribution is 0.0172. The second kappa shape index (κ2) is 4.47. The third-order valence-corrected chi connectivity index (χ3v) is 8.27. The maximum atomic E-state index is 6.41. The van der Waals surface area contributed by atoms with Crippen LogP contribution < -0.4 is 0 Å². The van der Waals surface area contributed by atoms with E-state index in [4.69, 9.17) is 11.6 Å². The number of fused-ring (bicyclic) bond motifs is 4. The second-order valence-corrected chi connectivity index (χ2v) is 9.19. The Hall–Kier alpha value is -1.27. The molecule has 6 rings (SSSR count). The summed E-state index contributed by atoms with van der Waals surface area (Å²) in [6, 6.07) is 16.0. The van der Waals surface area contributed by atoms with Crippen molar-refractivity contribution >= 4 is 11.6 Å². The van der Waals surface area contributed by atoms with Crippen LogP contribution in [0.1, 0.15) is 56.1 Å². The average molecular weight is 335 g/mol. The van der Waals surface area contributed by atoms with Crippen LogP contribution in [0, 0.1) is 17.3 Å². The summed E-state index contributed by atoms with van der Waals surface area (Å²) >= 11 is 6.41. The highest BCUT2D eigenvalue weighted by Crippen LogP contribution is 2.75. The monoisotopic (exact) mass is 334 g/mol. The molecule has 0 N–H and O–H groups in total. The Morgan fingerprint density at radius 1 is 0.917 bits per heavy atom. The van der Waals surface area contributed by atoms with Gasteiger partial charge in [-0.1, -0.05) is 54.8 Å². The van der Waals surface area contributed by atoms with E-state index in [2.05, 4.69) is 42.5 Å². The highest BCUT2D eigenvalue weighted by Gasteiger charge is 2.67. The van der Waals surface area contributed by atoms with Crippen molar-refractivity contribution in [3.8, 4) is 11.1 Å². The summed E-state index contributed by atoms with van der Waals surface area (Å²) in [5.41, 5.74) is 6.91. The fraction of sp³-hybridized carbons (Fsp3) is 0.478. The predicted molar refractivity (Wildman–Crippen MR) is 99.4 cm³/mol. The van der Waals surface area contributed by atoms with Crippen molar-refractivity contribution in [2.45, 2.75) is 50.4 Å². The molecule has 0 radical (unpaired) electrons. The van der Waals surface area contributed by atoms with Gasteiger partial charge >= 0.3 is 0 Å². The molecule has 3 bridgehead atoms. The van der Waals surface area contributed by atoms with E-state index >= 15 is 0 Å². The molecule has 2 aromatic carbocycles. The standard InChI is InChI=1S/C23H23Cl/c24-17-7-8-21-19(13-17)18-5-1-2-6-20(18)23(21)16-9-11-22(23)10-3-4-15(12-16)14-22/h1-2,5-8,13,15-16H,3-4,9-12,14H2. The lowest BCUT2D eigenvalue weighted by Crippen LogP contribution is -2.51. The smallest absolute Gasteiger partial charge is 0.0412 e. The van der Waals surface area contributed by atoms with Crippen LogP contribution in [-0.4, -0.2) is 0 Å². The van der Waals surface area contributed by atoms with Crippen molar-refractivity contribution in [3.05, 3.63) is 58.6 Å². The summed E-state index contributed by atoms with van der Waals surface area (Å²) < 4.78 is 0. The Kier molecular flexibility index (Phi) is 2.60. The van der Waals surface area contributed by atoms with E-state index in [-0.39, 0.29) is 5.41 Å². The van der Waals surface area contributed by atoms with Gasteiger partial charge in [-0.15, -0.1) is 0 Å². The van der Waals surface area contributed by atoms with E-state index in [0.717, 1.165) is 16.9 Å². The summed E-state index contributed by atoms with van der Waals surface area (Å²) in [7, 11) is 0. The number of hydrogen-bond acceptors (Lipinski definition) is 0. The Balaban J connectivity index is 1.72. The van der Waals surface area contributed by atoms with Gasteiger partial charge in [0.15, 0.2) is 0 Å². The molecule has 0 aliphatic heterocycles. The van der Waals surface area contributed by atoms with E-state index in [9.17, 15) is 0 Å². The normalized spacial score (nSPS) is 38.2. The zero-order valence-electron chi connectivity index (χ0n) is 14.0. The predicted octanol–water partition coefficient (Wildman–Crippen LogP) is 6.60. The zero-order chi connectivity index (χ0) is 15.9. The Morgan fingerprint density at radius 2 is 1.79 bits per heavy atom. The summed E-state index contributed by atoms with van der Waals surface area (Å²) in [6.45, 7) is 0. The van der Waals surface area contributed by atoms with Crippen LogP contribution in [0.25, 0.3) is 11.1 Å².